The summed E-state index contributed by atoms with van der Waals surface area (Å²) < 4.78 is 0. The van der Waals surface area contributed by atoms with Crippen LogP contribution in [0, 0.1) is 0 Å². The van der Waals surface area contributed by atoms with Crippen LogP contribution in [0.1, 0.15) is 31.1 Å². The zero-order valence-electron chi connectivity index (χ0n) is 13.8. The number of para-hydroxylation sites is 1. The number of anilines is 2. The minimum atomic E-state index is -0.0412. The fraction of sp³-hybridized carbons (Fsp3) is 0.211. The quantitative estimate of drug-likeness (QED) is 0.485. The van der Waals surface area contributed by atoms with E-state index in [1.807, 2.05) is 12.3 Å². The number of H-pyrrole nitrogens is 1. The van der Waals surface area contributed by atoms with Gasteiger partial charge in [0.25, 0.3) is 0 Å². The van der Waals surface area contributed by atoms with E-state index >= 15 is 0 Å². The van der Waals surface area contributed by atoms with Crippen molar-refractivity contribution in [2.24, 2.45) is 5.73 Å². The molecule has 1 atom stereocenters. The van der Waals surface area contributed by atoms with Crippen molar-refractivity contribution in [3.8, 4) is 0 Å². The van der Waals surface area contributed by atoms with Gasteiger partial charge in [-0.2, -0.15) is 0 Å². The maximum atomic E-state index is 5.88. The van der Waals surface area contributed by atoms with E-state index in [4.69, 9.17) is 5.73 Å². The molecule has 0 saturated heterocycles. The summed E-state index contributed by atoms with van der Waals surface area (Å²) in [6.07, 6.45) is 1.02. The largest absolute Gasteiger partial charge is 0.354 e. The third-order valence-corrected chi connectivity index (χ3v) is 5.12. The molecule has 0 fully saturated rings. The van der Waals surface area contributed by atoms with E-state index in [2.05, 4.69) is 58.6 Å². The van der Waals surface area contributed by atoms with E-state index in [-0.39, 0.29) is 6.04 Å². The SMILES string of the molecule is CCc1cccc2c1[nH]c1cc(Nc3nc(C(C)N)cs3)ccc12. The first-order valence-corrected chi connectivity index (χ1v) is 9.05. The molecule has 2 aromatic heterocycles. The first-order valence-electron chi connectivity index (χ1n) is 8.17. The molecule has 0 saturated carbocycles. The van der Waals surface area contributed by atoms with Gasteiger partial charge in [-0.05, 0) is 31.0 Å². The molecule has 2 aromatic carbocycles. The van der Waals surface area contributed by atoms with Gasteiger partial charge in [-0.15, -0.1) is 11.3 Å². The molecule has 0 radical (unpaired) electrons. The average molecular weight is 336 g/mol. The number of hydrogen-bond acceptors (Lipinski definition) is 4. The number of thiazole rings is 1. The summed E-state index contributed by atoms with van der Waals surface area (Å²) in [4.78, 5) is 8.10. The molecule has 0 aliphatic rings. The van der Waals surface area contributed by atoms with Gasteiger partial charge in [0.05, 0.1) is 5.69 Å². The Morgan fingerprint density at radius 3 is 2.88 bits per heavy atom. The van der Waals surface area contributed by atoms with Crippen LogP contribution in [0.25, 0.3) is 21.8 Å². The predicted molar refractivity (Wildman–Crippen MR) is 103 cm³/mol. The van der Waals surface area contributed by atoms with Gasteiger partial charge >= 0.3 is 0 Å². The third-order valence-electron chi connectivity index (χ3n) is 4.34. The molecule has 0 amide bonds. The van der Waals surface area contributed by atoms with Crippen molar-refractivity contribution in [2.75, 3.05) is 5.32 Å². The summed E-state index contributed by atoms with van der Waals surface area (Å²) in [6.45, 7) is 4.13. The monoisotopic (exact) mass is 336 g/mol. The molecule has 4 N–H and O–H groups in total. The van der Waals surface area contributed by atoms with Crippen LogP contribution in [0.15, 0.2) is 41.8 Å². The lowest BCUT2D eigenvalue weighted by molar-refractivity contribution is 0.790. The van der Waals surface area contributed by atoms with Gasteiger partial charge in [-0.25, -0.2) is 4.98 Å². The van der Waals surface area contributed by atoms with Crippen molar-refractivity contribution in [2.45, 2.75) is 26.3 Å². The highest BCUT2D eigenvalue weighted by Crippen LogP contribution is 2.31. The first kappa shape index (κ1) is 15.2. The third kappa shape index (κ3) is 2.56. The highest BCUT2D eigenvalue weighted by atomic mass is 32.1. The Labute approximate surface area is 144 Å². The molecule has 1 unspecified atom stereocenters. The first-order chi connectivity index (χ1) is 11.7. The Morgan fingerprint density at radius 2 is 2.12 bits per heavy atom. The number of nitrogens with zero attached hydrogens (tertiary/aromatic N) is 1. The fourth-order valence-corrected chi connectivity index (χ4v) is 3.87. The van der Waals surface area contributed by atoms with Crippen LogP contribution in [0.2, 0.25) is 0 Å². The van der Waals surface area contributed by atoms with E-state index in [9.17, 15) is 0 Å². The average Bonchev–Trinajstić information content (AvgIpc) is 3.18. The molecule has 0 aliphatic heterocycles. The minimum absolute atomic E-state index is 0.0412. The maximum Gasteiger partial charge on any atom is 0.187 e. The number of rotatable bonds is 4. The van der Waals surface area contributed by atoms with Crippen molar-refractivity contribution in [3.63, 3.8) is 0 Å². The van der Waals surface area contributed by atoms with Crippen molar-refractivity contribution < 1.29 is 0 Å². The lowest BCUT2D eigenvalue weighted by Crippen LogP contribution is -2.05. The number of fused-ring (bicyclic) bond motifs is 3. The molecule has 0 bridgehead atoms. The van der Waals surface area contributed by atoms with Crippen molar-refractivity contribution in [1.82, 2.24) is 9.97 Å². The summed E-state index contributed by atoms with van der Waals surface area (Å²) in [5.74, 6) is 0. The number of nitrogens with two attached hydrogens (primary N) is 1. The Morgan fingerprint density at radius 1 is 1.25 bits per heavy atom. The molecular weight excluding hydrogens is 316 g/mol. The van der Waals surface area contributed by atoms with Crippen LogP contribution in [0.5, 0.6) is 0 Å². The number of aromatic amines is 1. The predicted octanol–water partition coefficient (Wildman–Crippen LogP) is 5.10. The second kappa shape index (κ2) is 5.92. The van der Waals surface area contributed by atoms with Gasteiger partial charge in [-0.3, -0.25) is 0 Å². The summed E-state index contributed by atoms with van der Waals surface area (Å²) in [5, 5.41) is 8.78. The van der Waals surface area contributed by atoms with Crippen LogP contribution >= 0.6 is 11.3 Å². The van der Waals surface area contributed by atoms with Crippen LogP contribution in [0.3, 0.4) is 0 Å². The topological polar surface area (TPSA) is 66.7 Å². The number of hydrogen-bond donors (Lipinski definition) is 3. The highest BCUT2D eigenvalue weighted by molar-refractivity contribution is 7.13. The molecule has 4 nitrogen and oxygen atoms in total. The van der Waals surface area contributed by atoms with E-state index in [0.29, 0.717) is 0 Å². The summed E-state index contributed by atoms with van der Waals surface area (Å²) in [5.41, 5.74) is 11.5. The van der Waals surface area contributed by atoms with Crippen molar-refractivity contribution in [1.29, 1.82) is 0 Å². The molecule has 2 heterocycles. The van der Waals surface area contributed by atoms with Gasteiger partial charge < -0.3 is 16.0 Å². The molecule has 122 valence electrons. The van der Waals surface area contributed by atoms with Gasteiger partial charge in [0.2, 0.25) is 0 Å². The summed E-state index contributed by atoms with van der Waals surface area (Å²) in [7, 11) is 0. The standard InChI is InChI=1S/C19H20N4S/c1-3-12-5-4-6-15-14-8-7-13(9-16(14)22-18(12)15)21-19-23-17(10-24-19)11(2)20/h4-11,22H,3,20H2,1-2H3,(H,21,23). The second-order valence-electron chi connectivity index (χ2n) is 6.07. The molecular formula is C19H20N4S. The van der Waals surface area contributed by atoms with Crippen molar-refractivity contribution in [3.05, 3.63) is 53.0 Å². The Hall–Kier alpha value is -2.37. The Kier molecular flexibility index (Phi) is 3.75. The number of aromatic nitrogens is 2. The maximum absolute atomic E-state index is 5.88. The number of nitrogens with one attached hydrogen (secondary N) is 2. The van der Waals surface area contributed by atoms with Crippen LogP contribution in [-0.4, -0.2) is 9.97 Å². The number of benzene rings is 2. The van der Waals surface area contributed by atoms with Crippen LogP contribution in [0.4, 0.5) is 10.8 Å². The van der Waals surface area contributed by atoms with Gasteiger partial charge in [0, 0.05) is 38.9 Å². The van der Waals surface area contributed by atoms with Crippen LogP contribution in [-0.2, 0) is 6.42 Å². The summed E-state index contributed by atoms with van der Waals surface area (Å²) >= 11 is 1.58. The molecule has 0 aliphatic carbocycles. The minimum Gasteiger partial charge on any atom is -0.354 e. The normalized spacial score (nSPS) is 12.8. The Bertz CT molecular complexity index is 1010. The zero-order valence-corrected chi connectivity index (χ0v) is 14.6. The van der Waals surface area contributed by atoms with E-state index < -0.39 is 0 Å². The highest BCUT2D eigenvalue weighted by Gasteiger charge is 2.09. The number of aryl methyl sites for hydroxylation is 1. The van der Waals surface area contributed by atoms with E-state index in [1.54, 1.807) is 11.3 Å². The smallest absolute Gasteiger partial charge is 0.187 e. The molecule has 4 aromatic rings. The van der Waals surface area contributed by atoms with Crippen LogP contribution < -0.4 is 11.1 Å². The van der Waals surface area contributed by atoms with Gasteiger partial charge in [0.15, 0.2) is 5.13 Å². The van der Waals surface area contributed by atoms with Gasteiger partial charge in [-0.1, -0.05) is 31.2 Å². The van der Waals surface area contributed by atoms with E-state index in [1.165, 1.54) is 21.9 Å². The van der Waals surface area contributed by atoms with Gasteiger partial charge in [0.1, 0.15) is 0 Å². The molecule has 0 spiro atoms. The molecule has 4 rings (SSSR count). The molecule has 5 heteroatoms. The molecule has 24 heavy (non-hydrogen) atoms. The fourth-order valence-electron chi connectivity index (χ4n) is 3.04. The lowest BCUT2D eigenvalue weighted by Gasteiger charge is -2.03. The zero-order chi connectivity index (χ0) is 16.7. The summed E-state index contributed by atoms with van der Waals surface area (Å²) in [6, 6.07) is 12.9. The Balaban J connectivity index is 1.73. The van der Waals surface area contributed by atoms with E-state index in [0.717, 1.165) is 28.5 Å². The second-order valence-corrected chi connectivity index (χ2v) is 6.93. The lowest BCUT2D eigenvalue weighted by atomic mass is 10.1. The van der Waals surface area contributed by atoms with Crippen molar-refractivity contribution >= 4 is 44.0 Å².